The van der Waals surface area contributed by atoms with E-state index in [2.05, 4.69) is 34.6 Å². The van der Waals surface area contributed by atoms with Gasteiger partial charge in [-0.15, -0.1) is 0 Å². The lowest BCUT2D eigenvalue weighted by Gasteiger charge is -2.59. The first-order valence-electron chi connectivity index (χ1n) is 8.86. The molecule has 1 saturated carbocycles. The molecule has 0 saturated heterocycles. The standard InChI is InChI=1S/C20H32OS/c1-14(21)22-20-12-18(4,5)11-19(6,13-20)10-15-9-17(2,3)8-7-16(15)20/h7-13H2,1-6H3. The summed E-state index contributed by atoms with van der Waals surface area (Å²) in [6.07, 6.45) is 8.72. The first kappa shape index (κ1) is 16.6. The van der Waals surface area contributed by atoms with Crippen LogP contribution in [0.1, 0.15) is 86.5 Å². The molecule has 2 bridgehead atoms. The summed E-state index contributed by atoms with van der Waals surface area (Å²) < 4.78 is 0.104. The van der Waals surface area contributed by atoms with E-state index < -0.39 is 0 Å². The fourth-order valence-corrected chi connectivity index (χ4v) is 8.00. The van der Waals surface area contributed by atoms with Gasteiger partial charge in [0, 0.05) is 11.7 Å². The van der Waals surface area contributed by atoms with Crippen molar-refractivity contribution in [3.05, 3.63) is 11.1 Å². The van der Waals surface area contributed by atoms with Crippen LogP contribution in [-0.2, 0) is 4.79 Å². The van der Waals surface area contributed by atoms with Crippen LogP contribution in [0, 0.1) is 16.2 Å². The van der Waals surface area contributed by atoms with Crippen molar-refractivity contribution in [1.29, 1.82) is 0 Å². The lowest BCUT2D eigenvalue weighted by atomic mass is 9.51. The van der Waals surface area contributed by atoms with E-state index in [1.54, 1.807) is 29.8 Å². The molecular formula is C20H32OS. The number of hydrogen-bond donors (Lipinski definition) is 0. The van der Waals surface area contributed by atoms with Crippen LogP contribution in [-0.4, -0.2) is 9.86 Å². The molecule has 3 aliphatic carbocycles. The highest BCUT2D eigenvalue weighted by atomic mass is 32.2. The highest BCUT2D eigenvalue weighted by molar-refractivity contribution is 8.14. The molecule has 0 aromatic heterocycles. The van der Waals surface area contributed by atoms with Crippen molar-refractivity contribution in [2.24, 2.45) is 16.2 Å². The van der Waals surface area contributed by atoms with Crippen LogP contribution in [0.2, 0.25) is 0 Å². The summed E-state index contributed by atoms with van der Waals surface area (Å²) in [6.45, 7) is 13.9. The second-order valence-electron chi connectivity index (χ2n) is 10.2. The van der Waals surface area contributed by atoms with Crippen molar-refractivity contribution in [1.82, 2.24) is 0 Å². The minimum absolute atomic E-state index is 0.104. The van der Waals surface area contributed by atoms with Gasteiger partial charge >= 0.3 is 0 Å². The van der Waals surface area contributed by atoms with Crippen molar-refractivity contribution in [2.45, 2.75) is 91.2 Å². The van der Waals surface area contributed by atoms with Crippen molar-refractivity contribution in [3.63, 3.8) is 0 Å². The minimum Gasteiger partial charge on any atom is -0.288 e. The molecule has 0 radical (unpaired) electrons. The van der Waals surface area contributed by atoms with Crippen LogP contribution >= 0.6 is 11.8 Å². The number of hydrogen-bond acceptors (Lipinski definition) is 2. The van der Waals surface area contributed by atoms with Crippen LogP contribution in [0.25, 0.3) is 0 Å². The topological polar surface area (TPSA) is 17.1 Å². The van der Waals surface area contributed by atoms with Crippen molar-refractivity contribution >= 4 is 16.9 Å². The van der Waals surface area contributed by atoms with E-state index in [0.717, 1.165) is 0 Å². The predicted molar refractivity (Wildman–Crippen MR) is 96.0 cm³/mol. The first-order chi connectivity index (χ1) is 9.95. The first-order valence-corrected chi connectivity index (χ1v) is 9.67. The monoisotopic (exact) mass is 320 g/mol. The maximum Gasteiger partial charge on any atom is 0.186 e. The Morgan fingerprint density at radius 3 is 2.27 bits per heavy atom. The van der Waals surface area contributed by atoms with E-state index in [-0.39, 0.29) is 4.75 Å². The van der Waals surface area contributed by atoms with E-state index in [4.69, 9.17) is 0 Å². The zero-order valence-electron chi connectivity index (χ0n) is 15.3. The Morgan fingerprint density at radius 1 is 0.955 bits per heavy atom. The third-order valence-electron chi connectivity index (χ3n) is 6.08. The van der Waals surface area contributed by atoms with Crippen LogP contribution < -0.4 is 0 Å². The zero-order valence-corrected chi connectivity index (χ0v) is 16.1. The molecule has 2 atom stereocenters. The molecule has 0 heterocycles. The molecule has 0 aromatic carbocycles. The highest BCUT2D eigenvalue weighted by Gasteiger charge is 2.56. The van der Waals surface area contributed by atoms with Gasteiger partial charge in [0.15, 0.2) is 5.12 Å². The van der Waals surface area contributed by atoms with Gasteiger partial charge in [0.25, 0.3) is 0 Å². The van der Waals surface area contributed by atoms with Crippen LogP contribution in [0.4, 0.5) is 0 Å². The summed E-state index contributed by atoms with van der Waals surface area (Å²) in [4.78, 5) is 12.1. The van der Waals surface area contributed by atoms with E-state index in [0.29, 0.717) is 21.4 Å². The lowest BCUT2D eigenvalue weighted by Crippen LogP contribution is -2.51. The minimum atomic E-state index is 0.104. The summed E-state index contributed by atoms with van der Waals surface area (Å²) in [5.41, 5.74) is 4.57. The van der Waals surface area contributed by atoms with Gasteiger partial charge in [-0.1, -0.05) is 57.5 Å². The van der Waals surface area contributed by atoms with Crippen LogP contribution in [0.5, 0.6) is 0 Å². The molecule has 0 aliphatic heterocycles. The molecular weight excluding hydrogens is 288 g/mol. The van der Waals surface area contributed by atoms with Crippen molar-refractivity contribution in [3.8, 4) is 0 Å². The average molecular weight is 321 g/mol. The Kier molecular flexibility index (Phi) is 3.68. The molecule has 0 N–H and O–H groups in total. The van der Waals surface area contributed by atoms with Gasteiger partial charge in [0.05, 0.1) is 0 Å². The average Bonchev–Trinajstić information content (AvgIpc) is 2.20. The molecule has 3 aliphatic rings. The Hall–Kier alpha value is -0.240. The molecule has 124 valence electrons. The summed E-state index contributed by atoms with van der Waals surface area (Å²) in [5, 5.41) is 0.304. The normalized spacial score (nSPS) is 39.4. The second-order valence-corrected chi connectivity index (χ2v) is 11.8. The zero-order chi connectivity index (χ0) is 16.4. The molecule has 1 nitrogen and oxygen atoms in total. The van der Waals surface area contributed by atoms with Gasteiger partial charge in [0.2, 0.25) is 0 Å². The number of thioether (sulfide) groups is 1. The van der Waals surface area contributed by atoms with E-state index in [9.17, 15) is 4.79 Å². The molecule has 0 spiro atoms. The molecule has 2 heteroatoms. The number of fused-ring (bicyclic) bond motifs is 3. The Labute approximate surface area is 140 Å². The van der Waals surface area contributed by atoms with E-state index in [1.165, 1.54) is 44.9 Å². The van der Waals surface area contributed by atoms with E-state index in [1.807, 2.05) is 0 Å². The Balaban J connectivity index is 2.10. The second kappa shape index (κ2) is 4.88. The number of rotatable bonds is 1. The maximum absolute atomic E-state index is 12.1. The summed E-state index contributed by atoms with van der Waals surface area (Å²) in [5.74, 6) is 0. The molecule has 2 unspecified atom stereocenters. The molecule has 0 amide bonds. The van der Waals surface area contributed by atoms with Gasteiger partial charge in [-0.25, -0.2) is 0 Å². The quantitative estimate of drug-likeness (QED) is 0.540. The Morgan fingerprint density at radius 2 is 1.64 bits per heavy atom. The van der Waals surface area contributed by atoms with Crippen LogP contribution in [0.15, 0.2) is 11.1 Å². The lowest BCUT2D eigenvalue weighted by molar-refractivity contribution is -0.109. The number of carbonyl (C=O) groups is 1. The number of allylic oxidation sites excluding steroid dienone is 1. The number of carbonyl (C=O) groups excluding carboxylic acids is 1. The van der Waals surface area contributed by atoms with Gasteiger partial charge in [0.1, 0.15) is 0 Å². The fourth-order valence-electron chi connectivity index (χ4n) is 6.20. The largest absolute Gasteiger partial charge is 0.288 e. The maximum atomic E-state index is 12.1. The van der Waals surface area contributed by atoms with Gasteiger partial charge < -0.3 is 0 Å². The molecule has 22 heavy (non-hydrogen) atoms. The SMILES string of the molecule is CC(=O)SC12CC(C)(C)CC(C)(CC3=C1CCC(C)(C)C3)C2. The van der Waals surface area contributed by atoms with E-state index >= 15 is 0 Å². The van der Waals surface area contributed by atoms with Crippen LogP contribution in [0.3, 0.4) is 0 Å². The van der Waals surface area contributed by atoms with Crippen molar-refractivity contribution < 1.29 is 4.79 Å². The summed E-state index contributed by atoms with van der Waals surface area (Å²) in [6, 6.07) is 0. The predicted octanol–water partition coefficient (Wildman–Crippen LogP) is 6.13. The highest BCUT2D eigenvalue weighted by Crippen LogP contribution is 2.66. The molecule has 0 aromatic rings. The molecule has 1 fully saturated rings. The van der Waals surface area contributed by atoms with Gasteiger partial charge in [-0.2, -0.15) is 0 Å². The van der Waals surface area contributed by atoms with Gasteiger partial charge in [-0.3, -0.25) is 4.79 Å². The third-order valence-corrected chi connectivity index (χ3v) is 7.29. The Bertz CT molecular complexity index is 542. The summed E-state index contributed by atoms with van der Waals surface area (Å²) >= 11 is 1.67. The molecule has 3 rings (SSSR count). The smallest absolute Gasteiger partial charge is 0.186 e. The third kappa shape index (κ3) is 2.92. The fraction of sp³-hybridized carbons (Fsp3) is 0.850. The van der Waals surface area contributed by atoms with Crippen molar-refractivity contribution in [2.75, 3.05) is 0 Å². The van der Waals surface area contributed by atoms with Gasteiger partial charge in [-0.05, 0) is 61.2 Å². The summed E-state index contributed by atoms with van der Waals surface area (Å²) in [7, 11) is 0.